The van der Waals surface area contributed by atoms with E-state index in [1.165, 1.54) is 23.5 Å². The molecule has 2 atom stereocenters. The van der Waals surface area contributed by atoms with Gasteiger partial charge >= 0.3 is 12.0 Å². The summed E-state index contributed by atoms with van der Waals surface area (Å²) in [5.41, 5.74) is 3.34. The van der Waals surface area contributed by atoms with Gasteiger partial charge in [0.15, 0.2) is 4.96 Å². The van der Waals surface area contributed by atoms with Crippen LogP contribution in [0.3, 0.4) is 0 Å². The number of methoxy groups -OCH3 is 1. The Morgan fingerprint density at radius 2 is 1.97 bits per heavy atom. The first-order valence-corrected chi connectivity index (χ1v) is 12.6. The number of fused-ring (bicyclic) bond motifs is 1. The maximum atomic E-state index is 13.7. The molecule has 8 nitrogen and oxygen atoms in total. The number of amides is 2. The van der Waals surface area contributed by atoms with Crippen LogP contribution < -0.4 is 10.1 Å². The number of carbonyl (C=O) groups excluding carboxylic acids is 2. The van der Waals surface area contributed by atoms with Crippen LogP contribution in [-0.2, 0) is 22.6 Å². The number of imidazole rings is 1. The van der Waals surface area contributed by atoms with E-state index in [0.717, 1.165) is 16.3 Å². The molecule has 0 saturated carbocycles. The lowest BCUT2D eigenvalue weighted by molar-refractivity contribution is -0.148. The third-order valence-electron chi connectivity index (χ3n) is 6.32. The van der Waals surface area contributed by atoms with Crippen LogP contribution >= 0.6 is 11.3 Å². The quantitative estimate of drug-likeness (QED) is 0.328. The highest BCUT2D eigenvalue weighted by Crippen LogP contribution is 2.33. The summed E-state index contributed by atoms with van der Waals surface area (Å²) >= 11 is 1.46. The third kappa shape index (κ3) is 5.24. The van der Waals surface area contributed by atoms with E-state index in [0.29, 0.717) is 35.5 Å². The Balaban J connectivity index is 1.47. The summed E-state index contributed by atoms with van der Waals surface area (Å²) in [5.74, 6) is -1.12. The van der Waals surface area contributed by atoms with Gasteiger partial charge in [-0.15, -0.1) is 11.3 Å². The number of nitrogens with one attached hydrogen (secondary N) is 1. The van der Waals surface area contributed by atoms with E-state index in [1.54, 1.807) is 19.2 Å². The molecule has 0 fully saturated rings. The summed E-state index contributed by atoms with van der Waals surface area (Å²) in [6.45, 7) is 1.74. The molecule has 4 aromatic rings. The van der Waals surface area contributed by atoms with Crippen molar-refractivity contribution >= 4 is 34.0 Å². The normalized spacial score (nSPS) is 17.4. The Bertz CT molecular complexity index is 1490. The van der Waals surface area contributed by atoms with Crippen molar-refractivity contribution in [3.8, 4) is 5.75 Å². The van der Waals surface area contributed by atoms with E-state index < -0.39 is 29.8 Å². The van der Waals surface area contributed by atoms with Gasteiger partial charge in [-0.2, -0.15) is 0 Å². The first kappa shape index (κ1) is 24.6. The van der Waals surface area contributed by atoms with E-state index in [1.807, 2.05) is 47.2 Å². The zero-order valence-electron chi connectivity index (χ0n) is 20.3. The Morgan fingerprint density at radius 1 is 1.16 bits per heavy atom. The minimum atomic E-state index is -0.879. The molecule has 0 saturated heterocycles. The van der Waals surface area contributed by atoms with Crippen molar-refractivity contribution in [1.29, 1.82) is 0 Å². The van der Waals surface area contributed by atoms with Crippen molar-refractivity contribution in [1.82, 2.24) is 14.7 Å². The minimum Gasteiger partial charge on any atom is -0.497 e. The van der Waals surface area contributed by atoms with Gasteiger partial charge in [-0.05, 0) is 55.2 Å². The van der Waals surface area contributed by atoms with Gasteiger partial charge in [-0.1, -0.05) is 24.3 Å². The highest BCUT2D eigenvalue weighted by molar-refractivity contribution is 7.15. The van der Waals surface area contributed by atoms with Gasteiger partial charge in [-0.3, -0.25) is 9.20 Å². The number of aryl methyl sites for hydroxylation is 2. The van der Waals surface area contributed by atoms with E-state index in [9.17, 15) is 14.0 Å². The number of hydrogen-bond donors (Lipinski definition) is 1. The van der Waals surface area contributed by atoms with Gasteiger partial charge in [0.25, 0.3) is 0 Å². The van der Waals surface area contributed by atoms with Gasteiger partial charge in [0.1, 0.15) is 24.1 Å². The summed E-state index contributed by atoms with van der Waals surface area (Å²) in [4.78, 5) is 35.9. The number of nitrogens with zero attached hydrogens (tertiary/aromatic N) is 3. The average Bonchev–Trinajstić information content (AvgIpc) is 3.46. The van der Waals surface area contributed by atoms with Crippen LogP contribution in [0.1, 0.15) is 35.0 Å². The van der Waals surface area contributed by atoms with Gasteiger partial charge in [-0.25, -0.2) is 19.2 Å². The molecule has 2 aromatic carbocycles. The molecule has 2 unspecified atom stereocenters. The molecule has 1 aliphatic rings. The number of urea groups is 1. The smallest absolute Gasteiger partial charge is 0.341 e. The number of aliphatic imine (C=N–C) groups is 1. The molecule has 1 aliphatic heterocycles. The fourth-order valence-electron chi connectivity index (χ4n) is 4.61. The highest BCUT2D eigenvalue weighted by atomic mass is 32.1. The average molecular weight is 521 g/mol. The molecule has 2 aromatic heterocycles. The summed E-state index contributed by atoms with van der Waals surface area (Å²) in [7, 11) is 1.60. The first-order valence-electron chi connectivity index (χ1n) is 11.8. The molecular weight excluding hydrogens is 495 g/mol. The van der Waals surface area contributed by atoms with Crippen molar-refractivity contribution in [2.45, 2.75) is 32.4 Å². The third-order valence-corrected chi connectivity index (χ3v) is 7.08. The zero-order chi connectivity index (χ0) is 25.9. The Kier molecular flexibility index (Phi) is 7.00. The van der Waals surface area contributed by atoms with Crippen LogP contribution in [0, 0.1) is 18.7 Å². The predicted octanol–water partition coefficient (Wildman–Crippen LogP) is 5.05. The topological polar surface area (TPSA) is 94.3 Å². The van der Waals surface area contributed by atoms with Crippen molar-refractivity contribution in [2.24, 2.45) is 10.9 Å². The van der Waals surface area contributed by atoms with E-state index in [4.69, 9.17) is 9.47 Å². The molecule has 3 heterocycles. The van der Waals surface area contributed by atoms with Crippen LogP contribution in [-0.4, -0.2) is 34.2 Å². The van der Waals surface area contributed by atoms with Crippen molar-refractivity contribution < 1.29 is 23.5 Å². The number of esters is 1. The molecule has 1 N–H and O–H groups in total. The predicted molar refractivity (Wildman–Crippen MR) is 138 cm³/mol. The lowest BCUT2D eigenvalue weighted by Gasteiger charge is -2.31. The van der Waals surface area contributed by atoms with E-state index in [-0.39, 0.29) is 6.61 Å². The maximum Gasteiger partial charge on any atom is 0.341 e. The second-order valence-corrected chi connectivity index (χ2v) is 9.61. The lowest BCUT2D eigenvalue weighted by Crippen LogP contribution is -2.46. The number of hydrogen-bond acceptors (Lipinski definition) is 6. The van der Waals surface area contributed by atoms with Crippen LogP contribution in [0.25, 0.3) is 4.96 Å². The molecule has 0 spiro atoms. The zero-order valence-corrected chi connectivity index (χ0v) is 21.1. The first-order chi connectivity index (χ1) is 17.9. The van der Waals surface area contributed by atoms with Crippen LogP contribution in [0.2, 0.25) is 0 Å². The fraction of sp³-hybridized carbons (Fsp3) is 0.259. The second-order valence-electron chi connectivity index (χ2n) is 8.74. The van der Waals surface area contributed by atoms with Crippen LogP contribution in [0.15, 0.2) is 65.1 Å². The van der Waals surface area contributed by atoms with Gasteiger partial charge in [0.2, 0.25) is 0 Å². The van der Waals surface area contributed by atoms with Crippen molar-refractivity contribution in [2.75, 3.05) is 7.11 Å². The largest absolute Gasteiger partial charge is 0.497 e. The number of halogens is 1. The monoisotopic (exact) mass is 520 g/mol. The number of carbonyl (C=O) groups is 2. The molecule has 2 amide bonds. The summed E-state index contributed by atoms with van der Waals surface area (Å²) in [5, 5.41) is 4.76. The number of thiazole rings is 1. The minimum absolute atomic E-state index is 0.101. The van der Waals surface area contributed by atoms with Crippen molar-refractivity contribution in [3.63, 3.8) is 0 Å². The van der Waals surface area contributed by atoms with E-state index in [2.05, 4.69) is 15.3 Å². The molecule has 37 heavy (non-hydrogen) atoms. The second kappa shape index (κ2) is 10.5. The number of benzene rings is 2. The summed E-state index contributed by atoms with van der Waals surface area (Å²) in [6.07, 6.45) is 2.77. The molecule has 5 rings (SSSR count). The van der Waals surface area contributed by atoms with Crippen LogP contribution in [0.5, 0.6) is 5.75 Å². The fourth-order valence-corrected chi connectivity index (χ4v) is 5.38. The maximum absolute atomic E-state index is 13.7. The SMILES string of the molecule is COc1cccc(CCC2=NC(=O)NC(c3c(C)nc4sccn34)C2C(=O)OCc2cccc(F)c2)c1. The van der Waals surface area contributed by atoms with Gasteiger partial charge < -0.3 is 14.8 Å². The van der Waals surface area contributed by atoms with Gasteiger partial charge in [0.05, 0.1) is 24.5 Å². The lowest BCUT2D eigenvalue weighted by atomic mass is 9.86. The van der Waals surface area contributed by atoms with Crippen molar-refractivity contribution in [3.05, 3.63) is 88.4 Å². The highest BCUT2D eigenvalue weighted by Gasteiger charge is 2.42. The standard InChI is InChI=1S/C27H25FN4O4S/c1-16-24(32-11-12-37-27(32)29-16)23-22(25(33)36-15-18-6-3-7-19(28)13-18)21(30-26(34)31-23)10-9-17-5-4-8-20(14-17)35-2/h3-8,11-14,22-23H,9-10,15H2,1-2H3,(H,31,34). The Hall–Kier alpha value is -4.05. The number of aromatic nitrogens is 2. The molecule has 0 aliphatic carbocycles. The Morgan fingerprint density at radius 3 is 2.78 bits per heavy atom. The molecular formula is C27H25FN4O4S. The molecule has 190 valence electrons. The molecule has 0 bridgehead atoms. The summed E-state index contributed by atoms with van der Waals surface area (Å²) < 4.78 is 26.5. The van der Waals surface area contributed by atoms with E-state index >= 15 is 0 Å². The number of ether oxygens (including phenoxy) is 2. The van der Waals surface area contributed by atoms with Crippen LogP contribution in [0.4, 0.5) is 9.18 Å². The number of rotatable bonds is 8. The summed E-state index contributed by atoms with van der Waals surface area (Å²) in [6, 6.07) is 12.3. The molecule has 0 radical (unpaired) electrons. The Labute approximate surface area is 216 Å². The van der Waals surface area contributed by atoms with Gasteiger partial charge in [0, 0.05) is 17.3 Å². The molecule has 10 heteroatoms.